The van der Waals surface area contributed by atoms with E-state index in [4.69, 9.17) is 9.47 Å². The molecule has 1 amide bonds. The molecule has 5 heteroatoms. The van der Waals surface area contributed by atoms with Gasteiger partial charge in [-0.05, 0) is 44.9 Å². The first-order valence-corrected chi connectivity index (χ1v) is 8.52. The highest BCUT2D eigenvalue weighted by molar-refractivity contribution is 5.68. The molecule has 0 bridgehead atoms. The number of benzene rings is 1. The second-order valence-corrected chi connectivity index (χ2v) is 6.84. The van der Waals surface area contributed by atoms with Gasteiger partial charge >= 0.3 is 6.09 Å². The summed E-state index contributed by atoms with van der Waals surface area (Å²) in [5.41, 5.74) is 1.29. The number of amides is 1. The fourth-order valence-corrected chi connectivity index (χ4v) is 2.07. The van der Waals surface area contributed by atoms with E-state index < -0.39 is 12.2 Å². The largest absolute Gasteiger partial charge is 0.449 e. The first-order valence-electron chi connectivity index (χ1n) is 8.52. The molecule has 0 radical (unpaired) electrons. The number of alkyl carbamates (subject to hydrolysis) is 1. The number of aliphatic hydroxyl groups excluding tert-OH is 1. The van der Waals surface area contributed by atoms with Gasteiger partial charge in [0.15, 0.2) is 0 Å². The summed E-state index contributed by atoms with van der Waals surface area (Å²) >= 11 is 0. The van der Waals surface area contributed by atoms with Crippen molar-refractivity contribution in [2.45, 2.75) is 51.7 Å². The van der Waals surface area contributed by atoms with E-state index in [1.54, 1.807) is 7.11 Å². The van der Waals surface area contributed by atoms with Crippen LogP contribution in [-0.2, 0) is 9.47 Å². The molecule has 1 aromatic carbocycles. The monoisotopic (exact) mass is 347 g/mol. The van der Waals surface area contributed by atoms with Crippen molar-refractivity contribution < 1.29 is 19.4 Å². The topological polar surface area (TPSA) is 67.8 Å². The molecule has 138 valence electrons. The number of rotatable bonds is 7. The molecular formula is C20H29NO4. The second-order valence-electron chi connectivity index (χ2n) is 6.84. The van der Waals surface area contributed by atoms with Gasteiger partial charge in [-0.1, -0.05) is 24.0 Å². The summed E-state index contributed by atoms with van der Waals surface area (Å²) in [5, 5.41) is 13.0. The lowest BCUT2D eigenvalue weighted by Gasteiger charge is -2.20. The van der Waals surface area contributed by atoms with Crippen molar-refractivity contribution in [3.63, 3.8) is 0 Å². The Morgan fingerprint density at radius 1 is 1.32 bits per heavy atom. The Morgan fingerprint density at radius 2 is 2.08 bits per heavy atom. The second kappa shape index (κ2) is 10.8. The minimum atomic E-state index is -0.697. The Balaban J connectivity index is 2.46. The van der Waals surface area contributed by atoms with E-state index in [0.29, 0.717) is 13.0 Å². The first-order chi connectivity index (χ1) is 11.8. The molecule has 0 heterocycles. The Labute approximate surface area is 150 Å². The maximum atomic E-state index is 11.6. The van der Waals surface area contributed by atoms with Crippen LogP contribution >= 0.6 is 0 Å². The average Bonchev–Trinajstić information content (AvgIpc) is 2.53. The number of aliphatic hydroxyl groups is 1. The van der Waals surface area contributed by atoms with Gasteiger partial charge in [-0.15, -0.1) is 0 Å². The number of carbonyl (C=O) groups excluding carboxylic acids is 1. The summed E-state index contributed by atoms with van der Waals surface area (Å²) in [6.45, 7) is 6.49. The fraction of sp³-hybridized carbons (Fsp3) is 0.550. The van der Waals surface area contributed by atoms with E-state index in [1.165, 1.54) is 0 Å². The third-order valence-electron chi connectivity index (χ3n) is 3.26. The third kappa shape index (κ3) is 9.75. The lowest BCUT2D eigenvalue weighted by atomic mass is 10.0. The van der Waals surface area contributed by atoms with E-state index in [-0.39, 0.29) is 12.1 Å². The number of hydrogen-bond donors (Lipinski definition) is 2. The number of carbonyl (C=O) groups is 1. The van der Waals surface area contributed by atoms with Crippen molar-refractivity contribution in [2.24, 2.45) is 0 Å². The molecule has 0 aliphatic heterocycles. The molecule has 0 fully saturated rings. The Kier molecular flexibility index (Phi) is 9.04. The predicted octanol–water partition coefficient (Wildman–Crippen LogP) is 3.41. The van der Waals surface area contributed by atoms with Crippen LogP contribution in [0.2, 0.25) is 0 Å². The van der Waals surface area contributed by atoms with E-state index in [0.717, 1.165) is 24.0 Å². The van der Waals surface area contributed by atoms with Gasteiger partial charge in [0, 0.05) is 37.7 Å². The summed E-state index contributed by atoms with van der Waals surface area (Å²) in [6, 6.07) is 7.48. The maximum absolute atomic E-state index is 11.6. The molecule has 1 atom stereocenters. The number of unbranched alkanes of at least 4 members (excludes halogenated alkanes) is 1. The molecule has 1 rings (SSSR count). The lowest BCUT2D eigenvalue weighted by molar-refractivity contribution is 0.101. The number of methoxy groups -OCH3 is 1. The summed E-state index contributed by atoms with van der Waals surface area (Å²) in [4.78, 5) is 11.6. The van der Waals surface area contributed by atoms with Crippen molar-refractivity contribution in [3.05, 3.63) is 35.4 Å². The van der Waals surface area contributed by atoms with Crippen molar-refractivity contribution in [1.29, 1.82) is 0 Å². The minimum absolute atomic E-state index is 0.149. The molecular weight excluding hydrogens is 318 g/mol. The van der Waals surface area contributed by atoms with Crippen LogP contribution < -0.4 is 5.32 Å². The molecule has 0 aliphatic rings. The van der Waals surface area contributed by atoms with Gasteiger partial charge in [0.2, 0.25) is 0 Å². The van der Waals surface area contributed by atoms with E-state index in [2.05, 4.69) is 17.2 Å². The van der Waals surface area contributed by atoms with Crippen molar-refractivity contribution in [3.8, 4) is 11.8 Å². The van der Waals surface area contributed by atoms with Crippen LogP contribution in [-0.4, -0.2) is 37.1 Å². The van der Waals surface area contributed by atoms with Crippen LogP contribution in [0, 0.1) is 11.8 Å². The summed E-state index contributed by atoms with van der Waals surface area (Å²) < 4.78 is 10.1. The van der Waals surface area contributed by atoms with Crippen LogP contribution in [0.15, 0.2) is 24.3 Å². The Hall–Kier alpha value is -2.03. The molecule has 25 heavy (non-hydrogen) atoms. The smallest absolute Gasteiger partial charge is 0.407 e. The van der Waals surface area contributed by atoms with Crippen LogP contribution in [0.3, 0.4) is 0 Å². The van der Waals surface area contributed by atoms with E-state index in [9.17, 15) is 9.90 Å². The van der Waals surface area contributed by atoms with Gasteiger partial charge in [-0.2, -0.15) is 0 Å². The molecule has 0 aromatic heterocycles. The van der Waals surface area contributed by atoms with Gasteiger partial charge in [-0.25, -0.2) is 4.79 Å². The quantitative estimate of drug-likeness (QED) is 0.586. The summed E-state index contributed by atoms with van der Waals surface area (Å²) in [7, 11) is 1.68. The highest BCUT2D eigenvalue weighted by atomic mass is 16.5. The standard InChI is InChI=1S/C20H29NO4/c1-20(2,3)21-19(23)25-14-12-18(22)17-11-8-10-16(15-17)9-6-5-7-13-24-4/h8,10-11,15,18,22H,5,7,12-14H2,1-4H3,(H,21,23). The zero-order valence-electron chi connectivity index (χ0n) is 15.6. The van der Waals surface area contributed by atoms with Gasteiger partial charge < -0.3 is 19.9 Å². The number of hydrogen-bond acceptors (Lipinski definition) is 4. The number of nitrogens with one attached hydrogen (secondary N) is 1. The van der Waals surface area contributed by atoms with Crippen LogP contribution in [0.5, 0.6) is 0 Å². The molecule has 0 aliphatic carbocycles. The lowest BCUT2D eigenvalue weighted by Crippen LogP contribution is -2.41. The molecule has 5 nitrogen and oxygen atoms in total. The van der Waals surface area contributed by atoms with Crippen LogP contribution in [0.4, 0.5) is 4.79 Å². The molecule has 2 N–H and O–H groups in total. The molecule has 1 unspecified atom stereocenters. The molecule has 0 spiro atoms. The minimum Gasteiger partial charge on any atom is -0.449 e. The van der Waals surface area contributed by atoms with Gasteiger partial charge in [0.1, 0.15) is 0 Å². The van der Waals surface area contributed by atoms with Crippen molar-refractivity contribution >= 4 is 6.09 Å². The Morgan fingerprint density at radius 3 is 2.76 bits per heavy atom. The van der Waals surface area contributed by atoms with E-state index in [1.807, 2.05) is 45.0 Å². The maximum Gasteiger partial charge on any atom is 0.407 e. The van der Waals surface area contributed by atoms with Crippen molar-refractivity contribution in [2.75, 3.05) is 20.3 Å². The zero-order chi connectivity index (χ0) is 18.7. The third-order valence-corrected chi connectivity index (χ3v) is 3.26. The molecule has 1 aromatic rings. The van der Waals surface area contributed by atoms with Crippen LogP contribution in [0.25, 0.3) is 0 Å². The first kappa shape index (κ1) is 21.0. The molecule has 0 saturated carbocycles. The predicted molar refractivity (Wildman–Crippen MR) is 98.2 cm³/mol. The summed E-state index contributed by atoms with van der Waals surface area (Å²) in [5.74, 6) is 6.18. The van der Waals surface area contributed by atoms with Crippen LogP contribution in [0.1, 0.15) is 57.3 Å². The Bertz CT molecular complexity index is 596. The van der Waals surface area contributed by atoms with E-state index >= 15 is 0 Å². The molecule has 0 saturated heterocycles. The average molecular weight is 347 g/mol. The van der Waals surface area contributed by atoms with Gasteiger partial charge in [-0.3, -0.25) is 0 Å². The van der Waals surface area contributed by atoms with Gasteiger partial charge in [0.25, 0.3) is 0 Å². The highest BCUT2D eigenvalue weighted by Gasteiger charge is 2.15. The van der Waals surface area contributed by atoms with Gasteiger partial charge in [0.05, 0.1) is 12.7 Å². The fourth-order valence-electron chi connectivity index (χ4n) is 2.07. The SMILES string of the molecule is COCCCC#Cc1cccc(C(O)CCOC(=O)NC(C)(C)C)c1. The normalized spacial score (nSPS) is 12.0. The number of ether oxygens (including phenoxy) is 2. The summed E-state index contributed by atoms with van der Waals surface area (Å²) in [6.07, 6.45) is 0.840. The van der Waals surface area contributed by atoms with Crippen molar-refractivity contribution in [1.82, 2.24) is 5.32 Å². The zero-order valence-corrected chi connectivity index (χ0v) is 15.6. The highest BCUT2D eigenvalue weighted by Crippen LogP contribution is 2.17.